The lowest BCUT2D eigenvalue weighted by Gasteiger charge is -2.26. The Balaban J connectivity index is 1.64. The third-order valence-electron chi connectivity index (χ3n) is 3.64. The third kappa shape index (κ3) is 6.07. The summed E-state index contributed by atoms with van der Waals surface area (Å²) in [6.45, 7) is 1.70. The third-order valence-corrected chi connectivity index (χ3v) is 3.64. The van der Waals surface area contributed by atoms with Crippen LogP contribution in [0.5, 0.6) is 5.75 Å². The predicted octanol–water partition coefficient (Wildman–Crippen LogP) is -0.277. The molecule has 1 fully saturated rings. The number of carbonyl (C=O) groups is 3. The van der Waals surface area contributed by atoms with E-state index in [0.29, 0.717) is 31.9 Å². The summed E-state index contributed by atoms with van der Waals surface area (Å²) in [5, 5.41) is 8.93. The monoisotopic (exact) mass is 360 g/mol. The number of hydrogen-bond donors (Lipinski definition) is 2. The molecule has 1 aromatic carbocycles. The average molecular weight is 360 g/mol. The number of hydrazine groups is 1. The molecule has 0 atom stereocenters. The maximum Gasteiger partial charge on any atom is 0.276 e. The Morgan fingerprint density at radius 2 is 1.81 bits per heavy atom. The van der Waals surface area contributed by atoms with Crippen LogP contribution in [-0.4, -0.2) is 55.5 Å². The molecule has 0 aromatic heterocycles. The van der Waals surface area contributed by atoms with E-state index in [2.05, 4.69) is 10.9 Å². The van der Waals surface area contributed by atoms with Crippen LogP contribution in [0.4, 0.5) is 0 Å². The van der Waals surface area contributed by atoms with Gasteiger partial charge in [-0.25, -0.2) is 0 Å². The summed E-state index contributed by atoms with van der Waals surface area (Å²) < 4.78 is 10.4. The van der Waals surface area contributed by atoms with Gasteiger partial charge in [0.25, 0.3) is 5.91 Å². The van der Waals surface area contributed by atoms with Crippen molar-refractivity contribution < 1.29 is 23.9 Å². The molecule has 9 nitrogen and oxygen atoms in total. The van der Waals surface area contributed by atoms with Crippen LogP contribution in [0.2, 0.25) is 0 Å². The molecule has 0 spiro atoms. The molecule has 1 heterocycles. The zero-order chi connectivity index (χ0) is 18.8. The van der Waals surface area contributed by atoms with Crippen molar-refractivity contribution in [3.63, 3.8) is 0 Å². The predicted molar refractivity (Wildman–Crippen MR) is 89.6 cm³/mol. The molecule has 2 rings (SSSR count). The maximum atomic E-state index is 11.9. The number of morpholine rings is 1. The standard InChI is InChI=1S/C17H20N4O5/c18-11-13-3-1-2-4-14(13)26-12-16(23)20-19-15(22)5-6-17(24)21-7-9-25-10-8-21/h1-4H,5-10,12H2,(H,19,22)(H,20,23). The highest BCUT2D eigenvalue weighted by atomic mass is 16.5. The van der Waals surface area contributed by atoms with E-state index in [0.717, 1.165) is 0 Å². The number of amides is 3. The molecule has 3 amide bonds. The second-order valence-corrected chi connectivity index (χ2v) is 5.49. The minimum atomic E-state index is -0.578. The van der Waals surface area contributed by atoms with Gasteiger partial charge in [0, 0.05) is 25.9 Å². The van der Waals surface area contributed by atoms with Gasteiger partial charge in [-0.15, -0.1) is 0 Å². The molecule has 138 valence electrons. The molecule has 1 saturated heterocycles. The minimum absolute atomic E-state index is 0.0331. The highest BCUT2D eigenvalue weighted by molar-refractivity contribution is 5.86. The summed E-state index contributed by atoms with van der Waals surface area (Å²) >= 11 is 0. The van der Waals surface area contributed by atoms with E-state index in [1.807, 2.05) is 6.07 Å². The van der Waals surface area contributed by atoms with Crippen molar-refractivity contribution in [2.75, 3.05) is 32.9 Å². The van der Waals surface area contributed by atoms with E-state index < -0.39 is 11.8 Å². The molecular formula is C17H20N4O5. The number of nitrogens with one attached hydrogen (secondary N) is 2. The Bertz CT molecular complexity index is 695. The van der Waals surface area contributed by atoms with Crippen molar-refractivity contribution in [3.8, 4) is 11.8 Å². The van der Waals surface area contributed by atoms with Crippen molar-refractivity contribution in [1.82, 2.24) is 15.8 Å². The smallest absolute Gasteiger partial charge is 0.276 e. The van der Waals surface area contributed by atoms with Gasteiger partial charge in [-0.3, -0.25) is 25.2 Å². The summed E-state index contributed by atoms with van der Waals surface area (Å²) in [5.41, 5.74) is 4.74. The van der Waals surface area contributed by atoms with Gasteiger partial charge in [0.15, 0.2) is 6.61 Å². The molecular weight excluding hydrogens is 340 g/mol. The van der Waals surface area contributed by atoms with Crippen LogP contribution >= 0.6 is 0 Å². The molecule has 0 radical (unpaired) electrons. The molecule has 1 aliphatic rings. The minimum Gasteiger partial charge on any atom is -0.482 e. The second-order valence-electron chi connectivity index (χ2n) is 5.49. The molecule has 0 bridgehead atoms. The van der Waals surface area contributed by atoms with Gasteiger partial charge >= 0.3 is 0 Å². The van der Waals surface area contributed by atoms with E-state index in [1.54, 1.807) is 29.2 Å². The van der Waals surface area contributed by atoms with Crippen LogP contribution in [0.15, 0.2) is 24.3 Å². The zero-order valence-corrected chi connectivity index (χ0v) is 14.2. The van der Waals surface area contributed by atoms with Gasteiger partial charge in [-0.1, -0.05) is 12.1 Å². The summed E-state index contributed by atoms with van der Waals surface area (Å²) in [6, 6.07) is 8.46. The normalized spacial score (nSPS) is 13.4. The van der Waals surface area contributed by atoms with Crippen LogP contribution in [0, 0.1) is 11.3 Å². The van der Waals surface area contributed by atoms with Gasteiger partial charge in [0.2, 0.25) is 11.8 Å². The quantitative estimate of drug-likeness (QED) is 0.673. The first-order valence-corrected chi connectivity index (χ1v) is 8.15. The van der Waals surface area contributed by atoms with Crippen molar-refractivity contribution >= 4 is 17.7 Å². The number of nitrogens with zero attached hydrogens (tertiary/aromatic N) is 2. The lowest BCUT2D eigenvalue weighted by atomic mass is 10.2. The highest BCUT2D eigenvalue weighted by Crippen LogP contribution is 2.16. The maximum absolute atomic E-state index is 11.9. The number of nitriles is 1. The number of hydrogen-bond acceptors (Lipinski definition) is 6. The highest BCUT2D eigenvalue weighted by Gasteiger charge is 2.17. The number of para-hydroxylation sites is 1. The lowest BCUT2D eigenvalue weighted by molar-refractivity contribution is -0.137. The Morgan fingerprint density at radius 3 is 2.54 bits per heavy atom. The van der Waals surface area contributed by atoms with Gasteiger partial charge < -0.3 is 14.4 Å². The molecule has 0 aliphatic carbocycles. The Labute approximate surface area is 150 Å². The fourth-order valence-electron chi connectivity index (χ4n) is 2.26. The molecule has 0 saturated carbocycles. The lowest BCUT2D eigenvalue weighted by Crippen LogP contribution is -2.45. The fourth-order valence-corrected chi connectivity index (χ4v) is 2.26. The summed E-state index contributed by atoms with van der Waals surface area (Å²) in [4.78, 5) is 37.0. The van der Waals surface area contributed by atoms with Gasteiger partial charge in [0.1, 0.15) is 11.8 Å². The summed E-state index contributed by atoms with van der Waals surface area (Å²) in [6.07, 6.45) is 0.0301. The number of benzene rings is 1. The topological polar surface area (TPSA) is 121 Å². The molecule has 26 heavy (non-hydrogen) atoms. The fraction of sp³-hybridized carbons (Fsp3) is 0.412. The number of ether oxygens (including phenoxy) is 2. The van der Waals surface area contributed by atoms with Crippen LogP contribution in [0.1, 0.15) is 18.4 Å². The summed E-state index contributed by atoms with van der Waals surface area (Å²) in [5.74, 6) is -0.887. The van der Waals surface area contributed by atoms with E-state index in [1.165, 1.54) is 0 Å². The summed E-state index contributed by atoms with van der Waals surface area (Å²) in [7, 11) is 0. The van der Waals surface area contributed by atoms with Crippen molar-refractivity contribution in [3.05, 3.63) is 29.8 Å². The number of carbonyl (C=O) groups excluding carboxylic acids is 3. The Hall–Kier alpha value is -3.12. The van der Waals surface area contributed by atoms with Crippen molar-refractivity contribution in [2.24, 2.45) is 0 Å². The van der Waals surface area contributed by atoms with Crippen LogP contribution in [0.3, 0.4) is 0 Å². The van der Waals surface area contributed by atoms with Crippen LogP contribution < -0.4 is 15.6 Å². The SMILES string of the molecule is N#Cc1ccccc1OCC(=O)NNC(=O)CCC(=O)N1CCOCC1. The van der Waals surface area contributed by atoms with Crippen LogP contribution in [-0.2, 0) is 19.1 Å². The van der Waals surface area contributed by atoms with Crippen LogP contribution in [0.25, 0.3) is 0 Å². The molecule has 9 heteroatoms. The Morgan fingerprint density at radius 1 is 1.12 bits per heavy atom. The van der Waals surface area contributed by atoms with Gasteiger partial charge in [-0.05, 0) is 12.1 Å². The zero-order valence-electron chi connectivity index (χ0n) is 14.2. The van der Waals surface area contributed by atoms with Gasteiger partial charge in [-0.2, -0.15) is 5.26 Å². The first kappa shape index (κ1) is 19.2. The molecule has 1 aromatic rings. The first-order chi connectivity index (χ1) is 12.6. The molecule has 2 N–H and O–H groups in total. The van der Waals surface area contributed by atoms with E-state index in [9.17, 15) is 14.4 Å². The number of rotatable bonds is 6. The van der Waals surface area contributed by atoms with E-state index in [4.69, 9.17) is 14.7 Å². The van der Waals surface area contributed by atoms with E-state index >= 15 is 0 Å². The molecule has 1 aliphatic heterocycles. The van der Waals surface area contributed by atoms with Gasteiger partial charge in [0.05, 0.1) is 18.8 Å². The van der Waals surface area contributed by atoms with E-state index in [-0.39, 0.29) is 31.1 Å². The first-order valence-electron chi connectivity index (χ1n) is 8.15. The van der Waals surface area contributed by atoms with Crippen molar-refractivity contribution in [1.29, 1.82) is 5.26 Å². The van der Waals surface area contributed by atoms with Crippen molar-refractivity contribution in [2.45, 2.75) is 12.8 Å². The Kier molecular flexibility index (Phi) is 7.39. The molecule has 0 unspecified atom stereocenters. The largest absolute Gasteiger partial charge is 0.482 e. The second kappa shape index (κ2) is 10.0. The average Bonchev–Trinajstić information content (AvgIpc) is 2.69.